The van der Waals surface area contributed by atoms with Crippen molar-refractivity contribution in [1.82, 2.24) is 4.31 Å². The average Bonchev–Trinajstić information content (AvgIpc) is 2.72. The summed E-state index contributed by atoms with van der Waals surface area (Å²) in [5.74, 6) is 0. The van der Waals surface area contributed by atoms with Gasteiger partial charge in [-0.1, -0.05) is 37.5 Å². The molecule has 0 amide bonds. The molecule has 0 unspecified atom stereocenters. The highest BCUT2D eigenvalue weighted by Gasteiger charge is 2.34. The molecule has 5 nitrogen and oxygen atoms in total. The molecule has 2 aromatic carbocycles. The first-order valence-electron chi connectivity index (χ1n) is 10.9. The molecule has 1 aliphatic heterocycles. The molecule has 33 heavy (non-hydrogen) atoms. The summed E-state index contributed by atoms with van der Waals surface area (Å²) in [5.41, 5.74) is -0.883. The van der Waals surface area contributed by atoms with E-state index in [4.69, 9.17) is 4.42 Å². The first kappa shape index (κ1) is 23.5. The van der Waals surface area contributed by atoms with E-state index < -0.39 is 27.4 Å². The lowest BCUT2D eigenvalue weighted by atomic mass is 10.0. The molecule has 9 heteroatoms. The van der Waals surface area contributed by atoms with Crippen molar-refractivity contribution in [1.29, 1.82) is 0 Å². The third-order valence-corrected chi connectivity index (χ3v) is 7.81. The SMILES string of the molecule is O=c1cc(C(F)(F)F)c2cc(Cc3ccc(S(=O)(=O)N4CCCCCCC4)cc3)ccc2o1. The van der Waals surface area contributed by atoms with Gasteiger partial charge in [-0.25, -0.2) is 13.2 Å². The van der Waals surface area contributed by atoms with Crippen LogP contribution in [0.15, 0.2) is 62.6 Å². The number of hydrogen-bond acceptors (Lipinski definition) is 4. The highest BCUT2D eigenvalue weighted by molar-refractivity contribution is 7.89. The molecular weight excluding hydrogens is 455 g/mol. The minimum Gasteiger partial charge on any atom is -0.423 e. The fourth-order valence-corrected chi connectivity index (χ4v) is 5.69. The molecule has 0 atom stereocenters. The van der Waals surface area contributed by atoms with Gasteiger partial charge in [0, 0.05) is 24.5 Å². The minimum absolute atomic E-state index is 0.131. The largest absolute Gasteiger partial charge is 0.423 e. The van der Waals surface area contributed by atoms with Crippen LogP contribution in [0.3, 0.4) is 0 Å². The second-order valence-corrected chi connectivity index (χ2v) is 10.2. The van der Waals surface area contributed by atoms with Crippen molar-refractivity contribution in [2.75, 3.05) is 13.1 Å². The summed E-state index contributed by atoms with van der Waals surface area (Å²) in [5, 5.41) is -0.184. The summed E-state index contributed by atoms with van der Waals surface area (Å²) in [6, 6.07) is 11.2. The maximum atomic E-state index is 13.4. The molecule has 4 rings (SSSR count). The fourth-order valence-electron chi connectivity index (χ4n) is 4.18. The van der Waals surface area contributed by atoms with Gasteiger partial charge in [-0.05, 0) is 54.7 Å². The van der Waals surface area contributed by atoms with Crippen molar-refractivity contribution in [3.05, 3.63) is 75.6 Å². The van der Waals surface area contributed by atoms with Crippen molar-refractivity contribution >= 4 is 21.0 Å². The Morgan fingerprint density at radius 3 is 2.09 bits per heavy atom. The molecule has 0 spiro atoms. The van der Waals surface area contributed by atoms with Gasteiger partial charge in [-0.15, -0.1) is 0 Å². The van der Waals surface area contributed by atoms with Gasteiger partial charge in [0.25, 0.3) is 0 Å². The van der Waals surface area contributed by atoms with Gasteiger partial charge in [-0.2, -0.15) is 17.5 Å². The summed E-state index contributed by atoms with van der Waals surface area (Å²) >= 11 is 0. The van der Waals surface area contributed by atoms with Crippen molar-refractivity contribution in [3.8, 4) is 0 Å². The molecule has 1 saturated heterocycles. The van der Waals surface area contributed by atoms with E-state index in [1.54, 1.807) is 30.3 Å². The van der Waals surface area contributed by atoms with Crippen LogP contribution in [0.1, 0.15) is 48.8 Å². The van der Waals surface area contributed by atoms with Crippen LogP contribution in [-0.2, 0) is 22.6 Å². The number of fused-ring (bicyclic) bond motifs is 1. The molecule has 1 aliphatic rings. The van der Waals surface area contributed by atoms with Crippen molar-refractivity contribution in [2.24, 2.45) is 0 Å². The molecule has 1 aromatic heterocycles. The van der Waals surface area contributed by atoms with Gasteiger partial charge in [0.1, 0.15) is 5.58 Å². The maximum absolute atomic E-state index is 13.4. The molecule has 2 heterocycles. The van der Waals surface area contributed by atoms with Crippen molar-refractivity contribution in [3.63, 3.8) is 0 Å². The number of benzene rings is 2. The van der Waals surface area contributed by atoms with Crippen molar-refractivity contribution in [2.45, 2.75) is 49.6 Å². The number of halogens is 3. The third-order valence-electron chi connectivity index (χ3n) is 5.90. The lowest BCUT2D eigenvalue weighted by Gasteiger charge is -2.24. The highest BCUT2D eigenvalue weighted by Crippen LogP contribution is 2.34. The average molecular weight is 480 g/mol. The number of rotatable bonds is 4. The molecular formula is C24H24F3NO4S. The van der Waals surface area contributed by atoms with Crippen LogP contribution in [0.5, 0.6) is 0 Å². The zero-order valence-electron chi connectivity index (χ0n) is 17.9. The van der Waals surface area contributed by atoms with E-state index in [0.717, 1.165) is 37.7 Å². The monoisotopic (exact) mass is 479 g/mol. The number of hydrogen-bond donors (Lipinski definition) is 0. The lowest BCUT2D eigenvalue weighted by molar-refractivity contribution is -0.136. The van der Waals surface area contributed by atoms with Crippen LogP contribution in [0.4, 0.5) is 13.2 Å². The van der Waals surface area contributed by atoms with Crippen LogP contribution in [0.2, 0.25) is 0 Å². The van der Waals surface area contributed by atoms with Crippen molar-refractivity contribution < 1.29 is 26.0 Å². The normalized spacial score (nSPS) is 16.5. The minimum atomic E-state index is -4.69. The zero-order chi connectivity index (χ0) is 23.6. The van der Waals surface area contributed by atoms with Gasteiger partial charge in [0.2, 0.25) is 10.0 Å². The summed E-state index contributed by atoms with van der Waals surface area (Å²) in [7, 11) is -3.58. The Hall–Kier alpha value is -2.65. The predicted molar refractivity (Wildman–Crippen MR) is 119 cm³/mol. The van der Waals surface area contributed by atoms with Crippen LogP contribution in [0.25, 0.3) is 11.0 Å². The topological polar surface area (TPSA) is 67.6 Å². The number of alkyl halides is 3. The maximum Gasteiger partial charge on any atom is 0.417 e. The Kier molecular flexibility index (Phi) is 6.63. The van der Waals surface area contributed by atoms with Crippen LogP contribution >= 0.6 is 0 Å². The molecule has 3 aromatic rings. The molecule has 0 saturated carbocycles. The Morgan fingerprint density at radius 2 is 1.45 bits per heavy atom. The second-order valence-electron chi connectivity index (χ2n) is 8.30. The third kappa shape index (κ3) is 5.30. The first-order valence-corrected chi connectivity index (χ1v) is 12.3. The standard InChI is InChI=1S/C24H24F3NO4S/c25-24(26,27)21-16-23(29)32-22-11-8-18(15-20(21)22)14-17-6-9-19(10-7-17)33(30,31)28-12-4-2-1-3-5-13-28/h6-11,15-16H,1-5,12-14H2. The van der Waals surface area contributed by atoms with Gasteiger partial charge in [0.05, 0.1) is 10.5 Å². The second kappa shape index (κ2) is 9.30. The molecule has 0 bridgehead atoms. The number of nitrogens with zero attached hydrogens (tertiary/aromatic N) is 1. The Labute approximate surface area is 189 Å². The van der Waals surface area contributed by atoms with E-state index in [2.05, 4.69) is 0 Å². The van der Waals surface area contributed by atoms with Gasteiger partial charge in [0.15, 0.2) is 0 Å². The number of sulfonamides is 1. The van der Waals surface area contributed by atoms with E-state index in [9.17, 15) is 26.4 Å². The van der Waals surface area contributed by atoms with Crippen LogP contribution < -0.4 is 5.63 Å². The van der Waals surface area contributed by atoms with Crippen LogP contribution in [-0.4, -0.2) is 25.8 Å². The van der Waals surface area contributed by atoms with Gasteiger partial charge >= 0.3 is 11.8 Å². The molecule has 0 N–H and O–H groups in total. The summed E-state index contributed by atoms with van der Waals surface area (Å²) in [6.45, 7) is 1.03. The molecule has 0 aliphatic carbocycles. The van der Waals surface area contributed by atoms with Gasteiger partial charge < -0.3 is 4.42 Å². The Balaban J connectivity index is 1.58. The molecule has 176 valence electrons. The van der Waals surface area contributed by atoms with Gasteiger partial charge in [-0.3, -0.25) is 0 Å². The van der Waals surface area contributed by atoms with E-state index in [1.807, 2.05) is 0 Å². The smallest absolute Gasteiger partial charge is 0.417 e. The highest BCUT2D eigenvalue weighted by atomic mass is 32.2. The fraction of sp³-hybridized carbons (Fsp3) is 0.375. The predicted octanol–water partition coefficient (Wildman–Crippen LogP) is 5.36. The first-order chi connectivity index (χ1) is 15.6. The van der Waals surface area contributed by atoms with E-state index >= 15 is 0 Å². The molecule has 1 fully saturated rings. The van der Waals surface area contributed by atoms with Crippen LogP contribution in [0, 0.1) is 0 Å². The zero-order valence-corrected chi connectivity index (χ0v) is 18.7. The summed E-state index contributed by atoms with van der Waals surface area (Å²) in [4.78, 5) is 11.7. The van der Waals surface area contributed by atoms with E-state index in [0.29, 0.717) is 31.1 Å². The Bertz CT molecular complexity index is 1290. The summed E-state index contributed by atoms with van der Waals surface area (Å²) in [6.07, 6.45) is 0.491. The lowest BCUT2D eigenvalue weighted by Crippen LogP contribution is -2.33. The molecule has 0 radical (unpaired) electrons. The van der Waals surface area contributed by atoms with E-state index in [1.165, 1.54) is 16.4 Å². The van der Waals surface area contributed by atoms with E-state index in [-0.39, 0.29) is 15.9 Å². The Morgan fingerprint density at radius 1 is 0.848 bits per heavy atom. The quantitative estimate of drug-likeness (QED) is 0.473. The summed E-state index contributed by atoms with van der Waals surface area (Å²) < 4.78 is 72.6.